The second-order valence-corrected chi connectivity index (χ2v) is 5.72. The van der Waals surface area contributed by atoms with Crippen LogP contribution in [-0.2, 0) is 6.42 Å². The van der Waals surface area contributed by atoms with E-state index in [9.17, 15) is 0 Å². The molecule has 2 atom stereocenters. The van der Waals surface area contributed by atoms with Gasteiger partial charge in [0.05, 0.1) is 0 Å². The van der Waals surface area contributed by atoms with Gasteiger partial charge >= 0.3 is 0 Å². The number of hydrogen-bond acceptors (Lipinski definition) is 6. The smallest absolute Gasteiger partial charge is 0.0420 e. The summed E-state index contributed by atoms with van der Waals surface area (Å²) in [4.78, 5) is 8.91. The number of likely N-dealkylation sites (N-methyl/N-ethyl adjacent to an activating group) is 2. The van der Waals surface area contributed by atoms with Gasteiger partial charge in [0.2, 0.25) is 0 Å². The lowest BCUT2D eigenvalue weighted by Gasteiger charge is -2.34. The van der Waals surface area contributed by atoms with Crippen molar-refractivity contribution in [3.8, 4) is 0 Å². The summed E-state index contributed by atoms with van der Waals surface area (Å²) in [5.74, 6) is 5.80. The van der Waals surface area contributed by atoms with E-state index in [0.29, 0.717) is 6.04 Å². The molecule has 0 saturated carbocycles. The van der Waals surface area contributed by atoms with Crippen LogP contribution in [0.15, 0.2) is 18.5 Å². The Morgan fingerprint density at radius 3 is 2.95 bits per heavy atom. The quantitative estimate of drug-likeness (QED) is 0.517. The maximum absolute atomic E-state index is 6.01. The first-order valence-electron chi connectivity index (χ1n) is 7.15. The van der Waals surface area contributed by atoms with Crippen LogP contribution in [0.5, 0.6) is 0 Å². The summed E-state index contributed by atoms with van der Waals surface area (Å²) in [6.45, 7) is 3.23. The lowest BCUT2D eigenvalue weighted by atomic mass is 9.98. The van der Waals surface area contributed by atoms with Crippen molar-refractivity contribution in [2.45, 2.75) is 24.9 Å². The standard InChI is InChI=1S/C14H26N6/c1-19-6-3-7-20(2)14(10-19)13(18-16)8-11-9-17-5-4-12(11)15/h4-5,9,13-14,18H,3,6-8,10,16H2,1-2H3,(H2,15,17). The highest BCUT2D eigenvalue weighted by Gasteiger charge is 2.28. The van der Waals surface area contributed by atoms with E-state index in [1.165, 1.54) is 6.42 Å². The Bertz CT molecular complexity index is 424. The SMILES string of the molecule is CN1CCCN(C)C(C(Cc2cnccc2N)NN)C1. The molecule has 1 fully saturated rings. The largest absolute Gasteiger partial charge is 0.398 e. The number of hydrogen-bond donors (Lipinski definition) is 3. The number of nitrogens with one attached hydrogen (secondary N) is 1. The predicted molar refractivity (Wildman–Crippen MR) is 82.0 cm³/mol. The average molecular weight is 278 g/mol. The molecule has 1 saturated heterocycles. The van der Waals surface area contributed by atoms with E-state index in [1.807, 2.05) is 12.3 Å². The average Bonchev–Trinajstić information content (AvgIpc) is 2.60. The molecule has 1 aliphatic rings. The molecule has 6 nitrogen and oxygen atoms in total. The fourth-order valence-electron chi connectivity index (χ4n) is 2.89. The Labute approximate surface area is 121 Å². The third kappa shape index (κ3) is 3.67. The van der Waals surface area contributed by atoms with Crippen LogP contribution in [0.2, 0.25) is 0 Å². The van der Waals surface area contributed by atoms with E-state index in [1.54, 1.807) is 6.20 Å². The van der Waals surface area contributed by atoms with Crippen LogP contribution in [0.1, 0.15) is 12.0 Å². The molecular weight excluding hydrogens is 252 g/mol. The molecule has 20 heavy (non-hydrogen) atoms. The Kier molecular flexibility index (Phi) is 5.31. The zero-order valence-corrected chi connectivity index (χ0v) is 12.4. The number of aromatic nitrogens is 1. The normalized spacial score (nSPS) is 23.4. The fourth-order valence-corrected chi connectivity index (χ4v) is 2.89. The van der Waals surface area contributed by atoms with Gasteiger partial charge in [-0.2, -0.15) is 0 Å². The minimum Gasteiger partial charge on any atom is -0.398 e. The van der Waals surface area contributed by atoms with Crippen molar-refractivity contribution in [2.24, 2.45) is 5.84 Å². The molecule has 2 heterocycles. The van der Waals surface area contributed by atoms with Crippen LogP contribution in [0, 0.1) is 0 Å². The van der Waals surface area contributed by atoms with Gasteiger partial charge in [0.25, 0.3) is 0 Å². The van der Waals surface area contributed by atoms with Gasteiger partial charge in [-0.15, -0.1) is 0 Å². The van der Waals surface area contributed by atoms with Crippen molar-refractivity contribution >= 4 is 5.69 Å². The second-order valence-electron chi connectivity index (χ2n) is 5.72. The molecule has 5 N–H and O–H groups in total. The molecule has 1 aromatic rings. The van der Waals surface area contributed by atoms with Crippen LogP contribution in [0.3, 0.4) is 0 Å². The maximum Gasteiger partial charge on any atom is 0.0420 e. The Morgan fingerprint density at radius 2 is 2.25 bits per heavy atom. The van der Waals surface area contributed by atoms with Crippen molar-refractivity contribution in [3.63, 3.8) is 0 Å². The molecule has 0 aliphatic carbocycles. The molecule has 2 rings (SSSR count). The Morgan fingerprint density at radius 1 is 1.45 bits per heavy atom. The Hall–Kier alpha value is -1.21. The van der Waals surface area contributed by atoms with E-state index in [4.69, 9.17) is 11.6 Å². The molecule has 0 aromatic carbocycles. The molecule has 0 bridgehead atoms. The third-order valence-electron chi connectivity index (χ3n) is 4.18. The highest BCUT2D eigenvalue weighted by atomic mass is 15.3. The molecule has 0 radical (unpaired) electrons. The van der Waals surface area contributed by atoms with Crippen molar-refractivity contribution in [1.82, 2.24) is 20.2 Å². The van der Waals surface area contributed by atoms with Gasteiger partial charge in [0.1, 0.15) is 0 Å². The van der Waals surface area contributed by atoms with Gasteiger partial charge < -0.3 is 15.5 Å². The highest BCUT2D eigenvalue weighted by molar-refractivity contribution is 5.44. The van der Waals surface area contributed by atoms with Crippen LogP contribution in [-0.4, -0.2) is 60.6 Å². The van der Waals surface area contributed by atoms with Crippen molar-refractivity contribution in [2.75, 3.05) is 39.5 Å². The number of nitrogens with zero attached hydrogens (tertiary/aromatic N) is 3. The molecule has 2 unspecified atom stereocenters. The van der Waals surface area contributed by atoms with Gasteiger partial charge in [-0.25, -0.2) is 0 Å². The number of anilines is 1. The van der Waals surface area contributed by atoms with Gasteiger partial charge in [-0.1, -0.05) is 0 Å². The number of pyridine rings is 1. The van der Waals surface area contributed by atoms with Crippen molar-refractivity contribution < 1.29 is 0 Å². The second kappa shape index (κ2) is 6.99. The summed E-state index contributed by atoms with van der Waals surface area (Å²) in [5, 5.41) is 0. The Balaban J connectivity index is 2.12. The van der Waals surface area contributed by atoms with Crippen LogP contribution in [0.4, 0.5) is 5.69 Å². The van der Waals surface area contributed by atoms with E-state index in [0.717, 1.165) is 37.3 Å². The first-order chi connectivity index (χ1) is 9.61. The first-order valence-corrected chi connectivity index (χ1v) is 7.15. The van der Waals surface area contributed by atoms with Crippen molar-refractivity contribution in [1.29, 1.82) is 0 Å². The molecule has 1 aromatic heterocycles. The zero-order valence-electron chi connectivity index (χ0n) is 12.4. The molecule has 6 heteroatoms. The number of nitrogens with two attached hydrogens (primary N) is 2. The van der Waals surface area contributed by atoms with E-state index in [2.05, 4.69) is 34.3 Å². The third-order valence-corrected chi connectivity index (χ3v) is 4.18. The van der Waals surface area contributed by atoms with Gasteiger partial charge in [-0.3, -0.25) is 16.3 Å². The highest BCUT2D eigenvalue weighted by Crippen LogP contribution is 2.17. The molecule has 1 aliphatic heterocycles. The first kappa shape index (κ1) is 15.2. The number of hydrazine groups is 1. The summed E-state index contributed by atoms with van der Waals surface area (Å²) < 4.78 is 0. The summed E-state index contributed by atoms with van der Waals surface area (Å²) in [6, 6.07) is 2.37. The van der Waals surface area contributed by atoms with Gasteiger partial charge in [-0.05, 0) is 51.7 Å². The van der Waals surface area contributed by atoms with Crippen LogP contribution >= 0.6 is 0 Å². The van der Waals surface area contributed by atoms with Gasteiger partial charge in [0, 0.05) is 36.7 Å². The number of rotatable bonds is 4. The van der Waals surface area contributed by atoms with Crippen LogP contribution in [0.25, 0.3) is 0 Å². The van der Waals surface area contributed by atoms with E-state index in [-0.39, 0.29) is 6.04 Å². The monoisotopic (exact) mass is 278 g/mol. The van der Waals surface area contributed by atoms with Gasteiger partial charge in [0.15, 0.2) is 0 Å². The van der Waals surface area contributed by atoms with E-state index >= 15 is 0 Å². The topological polar surface area (TPSA) is 83.4 Å². The zero-order chi connectivity index (χ0) is 14.5. The molecule has 112 valence electrons. The summed E-state index contributed by atoms with van der Waals surface area (Å²) in [6.07, 6.45) is 5.53. The van der Waals surface area contributed by atoms with Crippen molar-refractivity contribution in [3.05, 3.63) is 24.0 Å². The lowest BCUT2D eigenvalue weighted by Crippen LogP contribution is -2.55. The maximum atomic E-state index is 6.01. The van der Waals surface area contributed by atoms with Crippen LogP contribution < -0.4 is 17.0 Å². The molecule has 0 spiro atoms. The predicted octanol–water partition coefficient (Wildman–Crippen LogP) is -0.326. The minimum absolute atomic E-state index is 0.159. The fraction of sp³-hybridized carbons (Fsp3) is 0.643. The lowest BCUT2D eigenvalue weighted by molar-refractivity contribution is 0.177. The minimum atomic E-state index is 0.159. The summed E-state index contributed by atoms with van der Waals surface area (Å²) in [7, 11) is 4.33. The van der Waals surface area contributed by atoms with E-state index < -0.39 is 0 Å². The number of nitrogen functional groups attached to an aromatic ring is 1. The molecule has 0 amide bonds. The summed E-state index contributed by atoms with van der Waals surface area (Å²) >= 11 is 0. The molecular formula is C14H26N6. The summed E-state index contributed by atoms with van der Waals surface area (Å²) in [5.41, 5.74) is 10.8.